The maximum absolute atomic E-state index is 11.2. The Bertz CT molecular complexity index is 244. The van der Waals surface area contributed by atoms with Gasteiger partial charge in [-0.2, -0.15) is 5.10 Å². The van der Waals surface area contributed by atoms with Crippen LogP contribution in [0.15, 0.2) is 12.4 Å². The second kappa shape index (κ2) is 3.75. The number of aromatic amines is 1. The first-order chi connectivity index (χ1) is 5.75. The van der Waals surface area contributed by atoms with E-state index in [2.05, 4.69) is 15.5 Å². The molecule has 5 heteroatoms. The second-order valence-corrected chi connectivity index (χ2v) is 2.35. The minimum absolute atomic E-state index is 0.126. The third kappa shape index (κ3) is 1.75. The van der Waals surface area contributed by atoms with Crippen molar-refractivity contribution < 1.29 is 4.79 Å². The van der Waals surface area contributed by atoms with Crippen molar-refractivity contribution in [2.45, 2.75) is 6.92 Å². The average Bonchev–Trinajstić information content (AvgIpc) is 2.55. The van der Waals surface area contributed by atoms with E-state index in [1.165, 1.54) is 4.90 Å². The molecule has 0 saturated heterocycles. The molecule has 1 rings (SSSR count). The summed E-state index contributed by atoms with van der Waals surface area (Å²) in [7, 11) is 1.69. The third-order valence-corrected chi connectivity index (χ3v) is 1.50. The van der Waals surface area contributed by atoms with E-state index in [1.807, 2.05) is 6.92 Å². The summed E-state index contributed by atoms with van der Waals surface area (Å²) in [6.45, 7) is 2.50. The van der Waals surface area contributed by atoms with Gasteiger partial charge < -0.3 is 5.32 Å². The zero-order valence-electron chi connectivity index (χ0n) is 7.16. The Morgan fingerprint density at radius 3 is 3.08 bits per heavy atom. The first-order valence-corrected chi connectivity index (χ1v) is 3.76. The zero-order valence-corrected chi connectivity index (χ0v) is 7.16. The SMILES string of the molecule is CCNC(=O)N(C)c1cn[nH]c1. The number of urea groups is 1. The number of anilines is 1. The molecule has 0 spiro atoms. The topological polar surface area (TPSA) is 61.0 Å². The summed E-state index contributed by atoms with van der Waals surface area (Å²) >= 11 is 0. The summed E-state index contributed by atoms with van der Waals surface area (Å²) in [6.07, 6.45) is 3.25. The van der Waals surface area contributed by atoms with Gasteiger partial charge in [-0.15, -0.1) is 0 Å². The molecule has 0 aromatic carbocycles. The van der Waals surface area contributed by atoms with E-state index < -0.39 is 0 Å². The highest BCUT2D eigenvalue weighted by Gasteiger charge is 2.08. The van der Waals surface area contributed by atoms with Crippen LogP contribution in [-0.4, -0.2) is 29.8 Å². The van der Waals surface area contributed by atoms with E-state index in [0.29, 0.717) is 6.54 Å². The quantitative estimate of drug-likeness (QED) is 0.678. The van der Waals surface area contributed by atoms with Crippen molar-refractivity contribution in [3.05, 3.63) is 12.4 Å². The fourth-order valence-corrected chi connectivity index (χ4v) is 0.815. The van der Waals surface area contributed by atoms with Crippen LogP contribution in [0.5, 0.6) is 0 Å². The first-order valence-electron chi connectivity index (χ1n) is 3.76. The fraction of sp³-hybridized carbons (Fsp3) is 0.429. The van der Waals surface area contributed by atoms with Gasteiger partial charge in [0.05, 0.1) is 11.9 Å². The van der Waals surface area contributed by atoms with E-state index in [0.717, 1.165) is 5.69 Å². The molecule has 2 N–H and O–H groups in total. The van der Waals surface area contributed by atoms with E-state index in [-0.39, 0.29) is 6.03 Å². The molecule has 2 amide bonds. The number of nitrogens with one attached hydrogen (secondary N) is 2. The van der Waals surface area contributed by atoms with Crippen molar-refractivity contribution in [1.82, 2.24) is 15.5 Å². The lowest BCUT2D eigenvalue weighted by molar-refractivity contribution is 0.248. The van der Waals surface area contributed by atoms with Gasteiger partial charge >= 0.3 is 6.03 Å². The second-order valence-electron chi connectivity index (χ2n) is 2.35. The molecule has 5 nitrogen and oxygen atoms in total. The maximum Gasteiger partial charge on any atom is 0.321 e. The lowest BCUT2D eigenvalue weighted by Gasteiger charge is -2.14. The number of carbonyl (C=O) groups excluding carboxylic acids is 1. The van der Waals surface area contributed by atoms with Gasteiger partial charge in [-0.3, -0.25) is 10.00 Å². The molecule has 12 heavy (non-hydrogen) atoms. The molecule has 0 fully saturated rings. The standard InChI is InChI=1S/C7H12N4O/c1-3-8-7(12)11(2)6-4-9-10-5-6/h4-5H,3H2,1-2H3,(H,8,12)(H,9,10). The van der Waals surface area contributed by atoms with Crippen LogP contribution < -0.4 is 10.2 Å². The largest absolute Gasteiger partial charge is 0.338 e. The number of amides is 2. The summed E-state index contributed by atoms with van der Waals surface area (Å²) in [5, 5.41) is 9.05. The van der Waals surface area contributed by atoms with Crippen LogP contribution in [-0.2, 0) is 0 Å². The molecule has 1 heterocycles. The van der Waals surface area contributed by atoms with E-state index in [4.69, 9.17) is 0 Å². The van der Waals surface area contributed by atoms with E-state index in [1.54, 1.807) is 19.4 Å². The van der Waals surface area contributed by atoms with Gasteiger partial charge in [0, 0.05) is 19.8 Å². The number of hydrogen-bond donors (Lipinski definition) is 2. The van der Waals surface area contributed by atoms with Crippen molar-refractivity contribution in [2.75, 3.05) is 18.5 Å². The minimum atomic E-state index is -0.126. The smallest absolute Gasteiger partial charge is 0.321 e. The first kappa shape index (κ1) is 8.58. The molecule has 0 aliphatic rings. The van der Waals surface area contributed by atoms with Crippen LogP contribution in [0, 0.1) is 0 Å². The Morgan fingerprint density at radius 1 is 1.83 bits per heavy atom. The lowest BCUT2D eigenvalue weighted by atomic mass is 10.5. The van der Waals surface area contributed by atoms with Gasteiger partial charge in [0.2, 0.25) is 0 Å². The molecule has 0 atom stereocenters. The van der Waals surface area contributed by atoms with Gasteiger partial charge in [0.25, 0.3) is 0 Å². The summed E-state index contributed by atoms with van der Waals surface area (Å²) < 4.78 is 0. The van der Waals surface area contributed by atoms with Crippen molar-refractivity contribution in [1.29, 1.82) is 0 Å². The van der Waals surface area contributed by atoms with Crippen LogP contribution in [0.4, 0.5) is 10.5 Å². The van der Waals surface area contributed by atoms with Gasteiger partial charge in [0.15, 0.2) is 0 Å². The maximum atomic E-state index is 11.2. The zero-order chi connectivity index (χ0) is 8.97. The highest BCUT2D eigenvalue weighted by atomic mass is 16.2. The molecular weight excluding hydrogens is 156 g/mol. The Balaban J connectivity index is 2.59. The van der Waals surface area contributed by atoms with Gasteiger partial charge in [0.1, 0.15) is 0 Å². The predicted octanol–water partition coefficient (Wildman–Crippen LogP) is 0.575. The third-order valence-electron chi connectivity index (χ3n) is 1.50. The van der Waals surface area contributed by atoms with Gasteiger partial charge in [-0.25, -0.2) is 4.79 Å². The molecule has 0 aliphatic heterocycles. The number of aromatic nitrogens is 2. The molecule has 1 aromatic heterocycles. The molecule has 0 bridgehead atoms. The fourth-order valence-electron chi connectivity index (χ4n) is 0.815. The Kier molecular flexibility index (Phi) is 2.68. The summed E-state index contributed by atoms with van der Waals surface area (Å²) in [6, 6.07) is -0.126. The van der Waals surface area contributed by atoms with Crippen LogP contribution in [0.25, 0.3) is 0 Å². The van der Waals surface area contributed by atoms with Gasteiger partial charge in [-0.1, -0.05) is 0 Å². The number of nitrogens with zero attached hydrogens (tertiary/aromatic N) is 2. The number of rotatable bonds is 2. The molecule has 0 aliphatic carbocycles. The number of hydrogen-bond acceptors (Lipinski definition) is 2. The van der Waals surface area contributed by atoms with Crippen LogP contribution in [0.3, 0.4) is 0 Å². The molecule has 0 radical (unpaired) electrons. The monoisotopic (exact) mass is 168 g/mol. The predicted molar refractivity (Wildman–Crippen MR) is 46.1 cm³/mol. The van der Waals surface area contributed by atoms with Crippen LogP contribution in [0.2, 0.25) is 0 Å². The van der Waals surface area contributed by atoms with E-state index in [9.17, 15) is 4.79 Å². The number of carbonyl (C=O) groups is 1. The van der Waals surface area contributed by atoms with Crippen molar-refractivity contribution in [3.8, 4) is 0 Å². The minimum Gasteiger partial charge on any atom is -0.338 e. The van der Waals surface area contributed by atoms with Crippen LogP contribution >= 0.6 is 0 Å². The molecule has 66 valence electrons. The van der Waals surface area contributed by atoms with Gasteiger partial charge in [-0.05, 0) is 6.92 Å². The van der Waals surface area contributed by atoms with Crippen molar-refractivity contribution in [2.24, 2.45) is 0 Å². The highest BCUT2D eigenvalue weighted by molar-refractivity contribution is 5.90. The Labute approximate surface area is 70.8 Å². The number of H-pyrrole nitrogens is 1. The van der Waals surface area contributed by atoms with Crippen LogP contribution in [0.1, 0.15) is 6.92 Å². The molecule has 0 saturated carbocycles. The average molecular weight is 168 g/mol. The Hall–Kier alpha value is -1.52. The van der Waals surface area contributed by atoms with Crippen molar-refractivity contribution >= 4 is 11.7 Å². The summed E-state index contributed by atoms with van der Waals surface area (Å²) in [4.78, 5) is 12.7. The van der Waals surface area contributed by atoms with Crippen molar-refractivity contribution in [3.63, 3.8) is 0 Å². The molecule has 0 unspecified atom stereocenters. The lowest BCUT2D eigenvalue weighted by Crippen LogP contribution is -2.36. The normalized spacial score (nSPS) is 9.50. The Morgan fingerprint density at radius 2 is 2.58 bits per heavy atom. The molecule has 1 aromatic rings. The van der Waals surface area contributed by atoms with E-state index >= 15 is 0 Å². The molecular formula is C7H12N4O. The summed E-state index contributed by atoms with van der Waals surface area (Å²) in [5.41, 5.74) is 0.751. The highest BCUT2D eigenvalue weighted by Crippen LogP contribution is 2.07. The summed E-state index contributed by atoms with van der Waals surface area (Å²) in [5.74, 6) is 0.